The molecule has 11 heteroatoms. The number of benzene rings is 4. The van der Waals surface area contributed by atoms with Crippen LogP contribution in [0, 0.1) is 5.82 Å². The second-order valence-corrected chi connectivity index (χ2v) is 14.9. The van der Waals surface area contributed by atoms with E-state index in [4.69, 9.17) is 4.74 Å². The number of hydrogen-bond acceptors (Lipinski definition) is 5. The number of carbonyl (C=O) groups is 2. The first-order valence-electron chi connectivity index (χ1n) is 16.5. The van der Waals surface area contributed by atoms with Crippen LogP contribution in [-0.2, 0) is 32.6 Å². The van der Waals surface area contributed by atoms with E-state index in [0.717, 1.165) is 64.1 Å². The van der Waals surface area contributed by atoms with E-state index in [2.05, 4.69) is 21.2 Å². The number of halogens is 2. The molecule has 49 heavy (non-hydrogen) atoms. The van der Waals surface area contributed by atoms with Gasteiger partial charge in [0.05, 0.1) is 17.2 Å². The molecule has 1 unspecified atom stereocenters. The van der Waals surface area contributed by atoms with Gasteiger partial charge in [-0.05, 0) is 91.6 Å². The molecule has 1 atom stereocenters. The fraction of sp³-hybridized carbons (Fsp3) is 0.316. The van der Waals surface area contributed by atoms with E-state index in [-0.39, 0.29) is 35.5 Å². The fourth-order valence-corrected chi connectivity index (χ4v) is 7.70. The Morgan fingerprint density at radius 3 is 2.16 bits per heavy atom. The predicted octanol–water partition coefficient (Wildman–Crippen LogP) is 7.27. The highest BCUT2D eigenvalue weighted by Crippen LogP contribution is 2.27. The highest BCUT2D eigenvalue weighted by molar-refractivity contribution is 9.10. The number of amides is 2. The lowest BCUT2D eigenvalue weighted by Gasteiger charge is -2.35. The summed E-state index contributed by atoms with van der Waals surface area (Å²) in [5.41, 5.74) is 1.73. The van der Waals surface area contributed by atoms with Gasteiger partial charge in [0.15, 0.2) is 0 Å². The Balaban J connectivity index is 1.55. The molecule has 0 heterocycles. The molecule has 258 valence electrons. The van der Waals surface area contributed by atoms with E-state index >= 15 is 0 Å². The zero-order chi connectivity index (χ0) is 34.8. The third kappa shape index (κ3) is 9.70. The maximum absolute atomic E-state index is 14.6. The van der Waals surface area contributed by atoms with Crippen LogP contribution >= 0.6 is 15.9 Å². The lowest BCUT2D eigenvalue weighted by molar-refractivity contribution is -0.140. The van der Waals surface area contributed by atoms with Gasteiger partial charge in [0.25, 0.3) is 10.0 Å². The zero-order valence-electron chi connectivity index (χ0n) is 27.4. The Hall–Kier alpha value is -4.22. The molecule has 0 bridgehead atoms. The molecule has 2 amide bonds. The molecule has 5 rings (SSSR count). The number of carbonyl (C=O) groups excluding carboxylic acids is 2. The summed E-state index contributed by atoms with van der Waals surface area (Å²) in [5, 5.41) is 3.21. The quantitative estimate of drug-likeness (QED) is 0.146. The Morgan fingerprint density at radius 1 is 0.878 bits per heavy atom. The van der Waals surface area contributed by atoms with Crippen molar-refractivity contribution in [3.8, 4) is 5.75 Å². The minimum atomic E-state index is -4.33. The molecular weight excluding hydrogens is 709 g/mol. The van der Waals surface area contributed by atoms with Crippen molar-refractivity contribution >= 4 is 43.5 Å². The normalized spacial score (nSPS) is 14.1. The van der Waals surface area contributed by atoms with Gasteiger partial charge < -0.3 is 15.0 Å². The summed E-state index contributed by atoms with van der Waals surface area (Å²) in [6.07, 6.45) is 5.11. The topological polar surface area (TPSA) is 96.0 Å². The molecule has 4 aromatic carbocycles. The van der Waals surface area contributed by atoms with Crippen LogP contribution in [0.4, 0.5) is 10.1 Å². The summed E-state index contributed by atoms with van der Waals surface area (Å²) in [7, 11) is -4.33. The van der Waals surface area contributed by atoms with Gasteiger partial charge in [0.1, 0.15) is 24.2 Å². The Labute approximate surface area is 296 Å². The number of rotatable bonds is 14. The molecule has 0 aliphatic heterocycles. The van der Waals surface area contributed by atoms with Gasteiger partial charge in [-0.15, -0.1) is 0 Å². The summed E-state index contributed by atoms with van der Waals surface area (Å²) in [4.78, 5) is 30.3. The molecule has 8 nitrogen and oxygen atoms in total. The molecule has 0 radical (unpaired) electrons. The molecule has 1 aliphatic rings. The SMILES string of the molecule is CCOc1ccc(S(=O)(=O)N(CC(=O)N(Cc2ccc(Br)cc2)C(Cc2ccccc2)C(=O)NC2CCCCC2)c2ccc(F)cc2)cc1. The summed E-state index contributed by atoms with van der Waals surface area (Å²) < 4.78 is 49.8. The first-order valence-corrected chi connectivity index (χ1v) is 18.8. The first-order chi connectivity index (χ1) is 23.6. The van der Waals surface area contributed by atoms with Crippen LogP contribution in [0.3, 0.4) is 0 Å². The van der Waals surface area contributed by atoms with Crippen molar-refractivity contribution in [3.05, 3.63) is 125 Å². The van der Waals surface area contributed by atoms with E-state index in [9.17, 15) is 22.4 Å². The van der Waals surface area contributed by atoms with E-state index in [0.29, 0.717) is 12.4 Å². The third-order valence-electron chi connectivity index (χ3n) is 8.61. The number of nitrogens with one attached hydrogen (secondary N) is 1. The fourth-order valence-electron chi connectivity index (χ4n) is 6.02. The standard InChI is InChI=1S/C38H41BrFN3O5S/c1-2-48-34-21-23-35(24-22-34)49(46,47)43(33-19-17-31(40)18-20-33)27-37(44)42(26-29-13-15-30(39)16-14-29)36(25-28-9-5-3-6-10-28)38(45)41-32-11-7-4-8-12-32/h3,5-6,9-10,13-24,32,36H,2,4,7-8,11-12,25-27H2,1H3,(H,41,45). The van der Waals surface area contributed by atoms with Gasteiger partial charge in [-0.1, -0.05) is 77.7 Å². The van der Waals surface area contributed by atoms with Crippen LogP contribution in [0.2, 0.25) is 0 Å². The van der Waals surface area contributed by atoms with E-state index in [1.807, 2.05) is 61.5 Å². The van der Waals surface area contributed by atoms with Crippen LogP contribution < -0.4 is 14.4 Å². The van der Waals surface area contributed by atoms with E-state index in [1.54, 1.807) is 12.1 Å². The predicted molar refractivity (Wildman–Crippen MR) is 192 cm³/mol. The van der Waals surface area contributed by atoms with Crippen LogP contribution in [0.15, 0.2) is 112 Å². The second-order valence-electron chi connectivity index (χ2n) is 12.1. The lowest BCUT2D eigenvalue weighted by atomic mass is 9.94. The van der Waals surface area contributed by atoms with Gasteiger partial charge in [0.2, 0.25) is 11.8 Å². The van der Waals surface area contributed by atoms with E-state index < -0.39 is 34.3 Å². The largest absolute Gasteiger partial charge is 0.494 e. The van der Waals surface area contributed by atoms with Crippen LogP contribution in [0.25, 0.3) is 0 Å². The minimum Gasteiger partial charge on any atom is -0.494 e. The number of sulfonamides is 1. The molecule has 1 saturated carbocycles. The van der Waals surface area contributed by atoms with Crippen molar-refractivity contribution in [2.75, 3.05) is 17.5 Å². The van der Waals surface area contributed by atoms with Gasteiger partial charge in [-0.25, -0.2) is 12.8 Å². The third-order valence-corrected chi connectivity index (χ3v) is 10.9. The number of hydrogen-bond donors (Lipinski definition) is 1. The monoisotopic (exact) mass is 749 g/mol. The Bertz CT molecular complexity index is 1780. The first kappa shape index (κ1) is 36.1. The highest BCUT2D eigenvalue weighted by Gasteiger charge is 2.35. The summed E-state index contributed by atoms with van der Waals surface area (Å²) in [6.45, 7) is 1.67. The zero-order valence-corrected chi connectivity index (χ0v) is 29.8. The minimum absolute atomic E-state index is 0.0000861. The van der Waals surface area contributed by atoms with Gasteiger partial charge in [0, 0.05) is 23.5 Å². The Morgan fingerprint density at radius 2 is 1.53 bits per heavy atom. The maximum atomic E-state index is 14.6. The molecule has 0 aromatic heterocycles. The molecular formula is C38H41BrFN3O5S. The molecule has 4 aromatic rings. The number of ether oxygens (including phenoxy) is 1. The smallest absolute Gasteiger partial charge is 0.264 e. The highest BCUT2D eigenvalue weighted by atomic mass is 79.9. The molecule has 0 saturated heterocycles. The van der Waals surface area contributed by atoms with Crippen LogP contribution in [-0.4, -0.2) is 50.4 Å². The van der Waals surface area contributed by atoms with E-state index in [1.165, 1.54) is 29.2 Å². The molecule has 1 N–H and O–H groups in total. The van der Waals surface area contributed by atoms with Gasteiger partial charge in [-0.3, -0.25) is 13.9 Å². The van der Waals surface area contributed by atoms with Crippen molar-refractivity contribution in [1.29, 1.82) is 0 Å². The van der Waals surface area contributed by atoms with Crippen LogP contribution in [0.1, 0.15) is 50.2 Å². The van der Waals surface area contributed by atoms with Crippen molar-refractivity contribution in [3.63, 3.8) is 0 Å². The van der Waals surface area contributed by atoms with Gasteiger partial charge >= 0.3 is 0 Å². The summed E-state index contributed by atoms with van der Waals surface area (Å²) in [5.74, 6) is -0.919. The summed E-state index contributed by atoms with van der Waals surface area (Å²) in [6, 6.07) is 26.8. The van der Waals surface area contributed by atoms with Crippen molar-refractivity contribution in [2.24, 2.45) is 0 Å². The Kier molecular flexibility index (Phi) is 12.5. The maximum Gasteiger partial charge on any atom is 0.264 e. The number of nitrogens with zero attached hydrogens (tertiary/aromatic N) is 2. The average molecular weight is 751 g/mol. The van der Waals surface area contributed by atoms with Gasteiger partial charge in [-0.2, -0.15) is 0 Å². The lowest BCUT2D eigenvalue weighted by Crippen LogP contribution is -2.55. The second kappa shape index (κ2) is 16.9. The summed E-state index contributed by atoms with van der Waals surface area (Å²) >= 11 is 3.46. The number of anilines is 1. The van der Waals surface area contributed by atoms with Crippen LogP contribution in [0.5, 0.6) is 5.75 Å². The molecule has 1 fully saturated rings. The average Bonchev–Trinajstić information content (AvgIpc) is 3.11. The molecule has 1 aliphatic carbocycles. The van der Waals surface area contributed by atoms with Crippen molar-refractivity contribution in [1.82, 2.24) is 10.2 Å². The molecule has 0 spiro atoms. The van der Waals surface area contributed by atoms with Crippen molar-refractivity contribution < 1.29 is 27.1 Å². The van der Waals surface area contributed by atoms with Crippen molar-refractivity contribution in [2.45, 2.75) is 69.0 Å².